The van der Waals surface area contributed by atoms with Crippen molar-refractivity contribution in [3.05, 3.63) is 112 Å². The number of carbonyl (C=O) groups is 4. The van der Waals surface area contributed by atoms with Crippen LogP contribution in [0, 0.1) is 0 Å². The molecule has 5 aromatic carbocycles. The molecule has 59 heavy (non-hydrogen) atoms. The predicted molar refractivity (Wildman–Crippen MR) is 236 cm³/mol. The Bertz CT molecular complexity index is 2230. The lowest BCUT2D eigenvalue weighted by Gasteiger charge is -2.28. The monoisotopic (exact) mass is 796 g/mol. The summed E-state index contributed by atoms with van der Waals surface area (Å²) >= 11 is 0. The van der Waals surface area contributed by atoms with Crippen molar-refractivity contribution < 1.29 is 24.3 Å². The van der Waals surface area contributed by atoms with E-state index in [1.807, 2.05) is 62.4 Å². The lowest BCUT2D eigenvalue weighted by atomic mass is 9.84. The molecule has 4 amide bonds. The van der Waals surface area contributed by atoms with Crippen LogP contribution in [0.1, 0.15) is 118 Å². The number of rotatable bonds is 18. The zero-order chi connectivity index (χ0) is 41.8. The molecule has 0 atom stereocenters. The molecule has 7 rings (SSSR count). The minimum atomic E-state index is -0.235. The second kappa shape index (κ2) is 17.6. The first-order valence-electron chi connectivity index (χ1n) is 21.0. The third kappa shape index (κ3) is 8.27. The van der Waals surface area contributed by atoms with Gasteiger partial charge in [0.2, 0.25) is 0 Å². The number of phenolic OH excluding ortho intramolecular Hbond substituents is 1. The van der Waals surface area contributed by atoms with Crippen molar-refractivity contribution in [2.45, 2.75) is 78.8 Å². The van der Waals surface area contributed by atoms with Gasteiger partial charge in [-0.3, -0.25) is 29.0 Å². The molecular formula is C48H56N6O5. The minimum Gasteiger partial charge on any atom is -0.507 e. The lowest BCUT2D eigenvalue weighted by Crippen LogP contribution is -2.40. The summed E-state index contributed by atoms with van der Waals surface area (Å²) in [7, 11) is 0. The van der Waals surface area contributed by atoms with E-state index in [0.717, 1.165) is 64.5 Å². The molecular weight excluding hydrogens is 741 g/mol. The Balaban J connectivity index is 0.957. The number of amides is 4. The molecule has 0 bridgehead atoms. The number of nitrogens with one attached hydrogen (secondary N) is 4. The van der Waals surface area contributed by atoms with E-state index in [0.29, 0.717) is 85.4 Å². The smallest absolute Gasteiger partial charge is 0.261 e. The summed E-state index contributed by atoms with van der Waals surface area (Å²) in [6.45, 7) is 14.8. The third-order valence-corrected chi connectivity index (χ3v) is 11.5. The van der Waals surface area contributed by atoms with E-state index in [1.54, 1.807) is 12.1 Å². The molecule has 2 aliphatic heterocycles. The van der Waals surface area contributed by atoms with Crippen molar-refractivity contribution in [2.75, 3.05) is 49.9 Å². The second-order valence-corrected chi connectivity index (χ2v) is 16.6. The van der Waals surface area contributed by atoms with E-state index < -0.39 is 0 Å². The molecule has 0 spiro atoms. The van der Waals surface area contributed by atoms with Crippen LogP contribution in [-0.4, -0.2) is 77.8 Å². The summed E-state index contributed by atoms with van der Waals surface area (Å²) in [6, 6.07) is 22.9. The number of hydrogen-bond acceptors (Lipinski definition) is 9. The molecule has 0 aliphatic carbocycles. The normalized spacial score (nSPS) is 13.9. The Morgan fingerprint density at radius 3 is 1.36 bits per heavy atom. The number of benzene rings is 5. The first-order chi connectivity index (χ1) is 28.4. The first kappa shape index (κ1) is 41.4. The van der Waals surface area contributed by atoms with Gasteiger partial charge in [-0.25, -0.2) is 0 Å². The van der Waals surface area contributed by atoms with Gasteiger partial charge in [0.25, 0.3) is 23.6 Å². The Labute approximate surface area is 346 Å². The van der Waals surface area contributed by atoms with Gasteiger partial charge < -0.3 is 26.4 Å². The molecule has 0 saturated heterocycles. The van der Waals surface area contributed by atoms with Crippen LogP contribution in [-0.2, 0) is 18.5 Å². The van der Waals surface area contributed by atoms with Gasteiger partial charge in [-0.2, -0.15) is 0 Å². The highest BCUT2D eigenvalue weighted by Gasteiger charge is 2.34. The summed E-state index contributed by atoms with van der Waals surface area (Å²) in [5, 5.41) is 28.5. The maximum absolute atomic E-state index is 13.3. The highest BCUT2D eigenvalue weighted by Crippen LogP contribution is 2.36. The molecule has 0 saturated carbocycles. The fourth-order valence-corrected chi connectivity index (χ4v) is 8.12. The molecule has 0 radical (unpaired) electrons. The number of imide groups is 2. The van der Waals surface area contributed by atoms with Crippen LogP contribution >= 0.6 is 0 Å². The van der Waals surface area contributed by atoms with Crippen LogP contribution in [0.2, 0.25) is 0 Å². The van der Waals surface area contributed by atoms with Crippen LogP contribution < -0.4 is 21.3 Å². The number of unbranched alkanes of at least 4 members (excludes halogenated alkanes) is 2. The van der Waals surface area contributed by atoms with Gasteiger partial charge in [-0.05, 0) is 60.2 Å². The Morgan fingerprint density at radius 1 is 0.559 bits per heavy atom. The summed E-state index contributed by atoms with van der Waals surface area (Å²) in [6.07, 6.45) is 3.34. The highest BCUT2D eigenvalue weighted by molar-refractivity contribution is 6.27. The molecule has 0 aromatic heterocycles. The van der Waals surface area contributed by atoms with Crippen molar-refractivity contribution in [3.8, 4) is 5.75 Å². The number of anilines is 2. The summed E-state index contributed by atoms with van der Waals surface area (Å²) in [5.74, 6) is -0.681. The van der Waals surface area contributed by atoms with E-state index in [4.69, 9.17) is 0 Å². The minimum absolute atomic E-state index is 0.130. The van der Waals surface area contributed by atoms with Crippen molar-refractivity contribution in [2.24, 2.45) is 0 Å². The van der Waals surface area contributed by atoms with Gasteiger partial charge in [-0.15, -0.1) is 0 Å². The van der Waals surface area contributed by atoms with Gasteiger partial charge in [0.1, 0.15) is 5.75 Å². The highest BCUT2D eigenvalue weighted by atomic mass is 16.3. The van der Waals surface area contributed by atoms with E-state index in [-0.39, 0.29) is 34.8 Å². The molecule has 11 nitrogen and oxygen atoms in total. The molecule has 0 fully saturated rings. The molecule has 0 unspecified atom stereocenters. The maximum atomic E-state index is 13.3. The van der Waals surface area contributed by atoms with E-state index in [2.05, 4.69) is 54.2 Å². The first-order valence-corrected chi connectivity index (χ1v) is 21.0. The van der Waals surface area contributed by atoms with E-state index >= 15 is 0 Å². The number of hydrogen-bond donors (Lipinski definition) is 5. The van der Waals surface area contributed by atoms with Crippen LogP contribution in [0.25, 0.3) is 21.5 Å². The number of carbonyl (C=O) groups excluding carboxylic acids is 4. The summed E-state index contributed by atoms with van der Waals surface area (Å²) in [4.78, 5) is 55.9. The van der Waals surface area contributed by atoms with Crippen molar-refractivity contribution >= 4 is 56.5 Å². The van der Waals surface area contributed by atoms with Gasteiger partial charge in [0, 0.05) is 119 Å². The van der Waals surface area contributed by atoms with Gasteiger partial charge in [0.05, 0.1) is 0 Å². The largest absolute Gasteiger partial charge is 0.507 e. The Hall–Kier alpha value is -5.78. The van der Waals surface area contributed by atoms with E-state index in [1.165, 1.54) is 9.80 Å². The maximum Gasteiger partial charge on any atom is 0.261 e. The third-order valence-electron chi connectivity index (χ3n) is 11.5. The predicted octanol–water partition coefficient (Wildman–Crippen LogP) is 8.19. The zero-order valence-corrected chi connectivity index (χ0v) is 34.9. The Kier molecular flexibility index (Phi) is 12.3. The number of nitrogens with zero attached hydrogens (tertiary/aromatic N) is 2. The molecule has 2 heterocycles. The molecule has 11 heteroatoms. The van der Waals surface area contributed by atoms with Crippen LogP contribution in [0.5, 0.6) is 5.75 Å². The summed E-state index contributed by atoms with van der Waals surface area (Å²) in [5.41, 5.74) is 6.60. The average molecular weight is 797 g/mol. The van der Waals surface area contributed by atoms with Crippen molar-refractivity contribution in [3.63, 3.8) is 0 Å². The standard InChI is InChI=1S/C48H56N6O5/c1-6-8-24-53-44(56)35-14-10-12-33-39(18-16-37(41(33)35)46(53)58)51-22-20-49-28-30-26-32(48(3,4)5)27-31(43(30)55)29-50-21-23-52-40-19-17-38-42-34(40)13-11-15-36(42)45(57)54(47(38)59)25-9-7-2/h10-19,26-27,49-52,55H,6-9,20-25,28-29H2,1-5H3. The lowest BCUT2D eigenvalue weighted by molar-refractivity contribution is 0.0593. The van der Waals surface area contributed by atoms with Gasteiger partial charge in [0.15, 0.2) is 0 Å². The number of aromatic hydroxyl groups is 1. The Morgan fingerprint density at radius 2 is 0.966 bits per heavy atom. The molecule has 308 valence electrons. The van der Waals surface area contributed by atoms with Crippen LogP contribution in [0.3, 0.4) is 0 Å². The number of phenols is 1. The fraction of sp³-hybridized carbons (Fsp3) is 0.375. The topological polar surface area (TPSA) is 143 Å². The quantitative estimate of drug-likeness (QED) is 0.0438. The average Bonchev–Trinajstić information content (AvgIpc) is 3.22. The SMILES string of the molecule is CCCCN1C(=O)c2cccc3c(NCCNCc4cc(C(C)(C)C)cc(CNCCNc5ccc6c7c(cccc57)C(=O)N(CCCC)C6=O)c4O)ccc(c23)C1=O. The molecule has 5 aromatic rings. The van der Waals surface area contributed by atoms with Crippen molar-refractivity contribution in [1.82, 2.24) is 20.4 Å². The zero-order valence-electron chi connectivity index (χ0n) is 34.9. The van der Waals surface area contributed by atoms with Crippen LogP contribution in [0.4, 0.5) is 11.4 Å². The molecule has 5 N–H and O–H groups in total. The molecule has 2 aliphatic rings. The van der Waals surface area contributed by atoms with Gasteiger partial charge >= 0.3 is 0 Å². The summed E-state index contributed by atoms with van der Waals surface area (Å²) < 4.78 is 0. The van der Waals surface area contributed by atoms with Crippen molar-refractivity contribution in [1.29, 1.82) is 0 Å². The van der Waals surface area contributed by atoms with Crippen LogP contribution in [0.15, 0.2) is 72.8 Å². The van der Waals surface area contributed by atoms with Gasteiger partial charge in [-0.1, -0.05) is 83.9 Å². The van der Waals surface area contributed by atoms with E-state index in [9.17, 15) is 24.3 Å². The fourth-order valence-electron chi connectivity index (χ4n) is 8.12. The second-order valence-electron chi connectivity index (χ2n) is 16.6.